The number of esters is 1. The number of anilines is 1. The molecule has 0 aliphatic carbocycles. The van der Waals surface area contributed by atoms with Crippen molar-refractivity contribution < 1.29 is 27.5 Å². The monoisotopic (exact) mass is 610 g/mol. The highest BCUT2D eigenvalue weighted by Gasteiger charge is 2.49. The van der Waals surface area contributed by atoms with Crippen molar-refractivity contribution in [2.24, 2.45) is 4.99 Å². The molecule has 2 aliphatic heterocycles. The fourth-order valence-electron chi connectivity index (χ4n) is 4.55. The van der Waals surface area contributed by atoms with Crippen molar-refractivity contribution in [3.05, 3.63) is 74.0 Å². The maximum absolute atomic E-state index is 14.7. The minimum absolute atomic E-state index is 0.00459. The molecule has 9 nitrogen and oxygen atoms in total. The number of carbonyl (C=O) groups excluding carboxylic acids is 2. The van der Waals surface area contributed by atoms with Crippen molar-refractivity contribution in [3.63, 3.8) is 0 Å². The van der Waals surface area contributed by atoms with Gasteiger partial charge in [0.15, 0.2) is 16.0 Å². The zero-order valence-corrected chi connectivity index (χ0v) is 23.3. The third kappa shape index (κ3) is 6.04. The molecule has 0 radical (unpaired) electrons. The average molecular weight is 611 g/mol. The molecule has 1 fully saturated rings. The van der Waals surface area contributed by atoms with E-state index in [2.05, 4.69) is 25.6 Å². The van der Waals surface area contributed by atoms with Crippen LogP contribution < -0.4 is 10.6 Å². The van der Waals surface area contributed by atoms with Gasteiger partial charge in [-0.25, -0.2) is 27.9 Å². The molecule has 0 bridgehead atoms. The van der Waals surface area contributed by atoms with Crippen LogP contribution in [0.25, 0.3) is 0 Å². The van der Waals surface area contributed by atoms with Crippen LogP contribution in [-0.4, -0.2) is 64.2 Å². The molecule has 1 amide bonds. The first-order valence-corrected chi connectivity index (χ1v) is 14.2. The van der Waals surface area contributed by atoms with E-state index < -0.39 is 48.7 Å². The fourth-order valence-corrected chi connectivity index (χ4v) is 5.94. The summed E-state index contributed by atoms with van der Waals surface area (Å²) in [5.74, 6) is -4.88. The van der Waals surface area contributed by atoms with E-state index in [0.29, 0.717) is 10.6 Å². The summed E-state index contributed by atoms with van der Waals surface area (Å²) in [4.78, 5) is 40.6. The second kappa shape index (κ2) is 11.6. The van der Waals surface area contributed by atoms with Crippen molar-refractivity contribution in [1.29, 1.82) is 0 Å². The molecular weight excluding hydrogens is 589 g/mol. The van der Waals surface area contributed by atoms with E-state index in [0.717, 1.165) is 17.4 Å². The maximum atomic E-state index is 14.7. The number of amides is 1. The zero-order valence-electron chi connectivity index (χ0n) is 20.9. The first-order valence-electron chi connectivity index (χ1n) is 12.1. The number of halogens is 4. The minimum atomic E-state index is -3.16. The Bertz CT molecular complexity index is 1470. The summed E-state index contributed by atoms with van der Waals surface area (Å²) in [6, 6.07) is 1.41. The highest BCUT2D eigenvalue weighted by atomic mass is 35.5. The molecule has 0 saturated carbocycles. The number of rotatable bonds is 8. The molecule has 40 heavy (non-hydrogen) atoms. The summed E-state index contributed by atoms with van der Waals surface area (Å²) in [5.41, 5.74) is 0.503. The van der Waals surface area contributed by atoms with E-state index in [4.69, 9.17) is 16.3 Å². The number of ether oxygens (including phenoxy) is 1. The van der Waals surface area contributed by atoms with Crippen LogP contribution >= 0.6 is 34.3 Å². The Morgan fingerprint density at radius 3 is 2.70 bits per heavy atom. The van der Waals surface area contributed by atoms with Crippen LogP contribution in [0.2, 0.25) is 5.02 Å². The number of nitrogens with one attached hydrogen (secondary N) is 2. The fraction of sp³-hybridized carbons (Fsp3) is 0.320. The van der Waals surface area contributed by atoms with Gasteiger partial charge in [0.2, 0.25) is 5.91 Å². The van der Waals surface area contributed by atoms with Crippen molar-refractivity contribution in [1.82, 2.24) is 20.2 Å². The van der Waals surface area contributed by atoms with E-state index in [9.17, 15) is 22.8 Å². The van der Waals surface area contributed by atoms with Gasteiger partial charge in [-0.1, -0.05) is 17.7 Å². The summed E-state index contributed by atoms with van der Waals surface area (Å²) in [6.07, 6.45) is 2.34. The topological polar surface area (TPSA) is 109 Å². The first-order chi connectivity index (χ1) is 19.1. The minimum Gasteiger partial charge on any atom is -0.463 e. The van der Waals surface area contributed by atoms with Crippen molar-refractivity contribution in [3.8, 4) is 0 Å². The zero-order chi connectivity index (χ0) is 28.4. The predicted octanol–water partition coefficient (Wildman–Crippen LogP) is 4.65. The largest absolute Gasteiger partial charge is 0.463 e. The molecule has 3 aromatic rings. The van der Waals surface area contributed by atoms with E-state index >= 15 is 0 Å². The highest BCUT2D eigenvalue weighted by molar-refractivity contribution is 7.13. The first kappa shape index (κ1) is 28.2. The second-order valence-electron chi connectivity index (χ2n) is 8.93. The molecule has 1 saturated heterocycles. The van der Waals surface area contributed by atoms with Gasteiger partial charge in [0.05, 0.1) is 24.8 Å². The Hall–Kier alpha value is -3.33. The highest BCUT2D eigenvalue weighted by Crippen LogP contribution is 2.39. The van der Waals surface area contributed by atoms with Crippen molar-refractivity contribution in [2.45, 2.75) is 31.4 Å². The summed E-state index contributed by atoms with van der Waals surface area (Å²) >= 11 is 8.81. The Morgan fingerprint density at radius 1 is 1.25 bits per heavy atom. The van der Waals surface area contributed by atoms with Gasteiger partial charge in [-0.15, -0.1) is 22.7 Å². The summed E-state index contributed by atoms with van der Waals surface area (Å²) in [7, 11) is 0. The van der Waals surface area contributed by atoms with Gasteiger partial charge in [0.25, 0.3) is 5.92 Å². The van der Waals surface area contributed by atoms with Gasteiger partial charge in [0.1, 0.15) is 11.9 Å². The molecule has 2 atom stereocenters. The normalized spacial score (nSPS) is 20.7. The summed E-state index contributed by atoms with van der Waals surface area (Å²) in [5, 5.41) is 9.79. The number of aromatic nitrogens is 2. The smallest absolute Gasteiger partial charge is 0.338 e. The molecule has 210 valence electrons. The van der Waals surface area contributed by atoms with Crippen LogP contribution in [0.1, 0.15) is 30.0 Å². The lowest BCUT2D eigenvalue weighted by atomic mass is 9.95. The molecule has 4 heterocycles. The number of likely N-dealkylation sites (tertiary alicyclic amines) is 1. The molecule has 2 aliphatic rings. The van der Waals surface area contributed by atoms with Gasteiger partial charge in [-0.05, 0) is 19.1 Å². The summed E-state index contributed by atoms with van der Waals surface area (Å²) < 4.78 is 48.6. The van der Waals surface area contributed by atoms with E-state index in [1.807, 2.05) is 0 Å². The maximum Gasteiger partial charge on any atom is 0.338 e. The van der Waals surface area contributed by atoms with Gasteiger partial charge >= 0.3 is 5.97 Å². The van der Waals surface area contributed by atoms with Crippen molar-refractivity contribution in [2.75, 3.05) is 25.0 Å². The van der Waals surface area contributed by atoms with Crippen LogP contribution in [0.3, 0.4) is 0 Å². The molecular formula is C25H22ClF3N6O3S2. The number of carbonyl (C=O) groups is 2. The average Bonchev–Trinajstić information content (AvgIpc) is 3.66. The molecule has 15 heteroatoms. The van der Waals surface area contributed by atoms with E-state index in [1.165, 1.54) is 34.6 Å². The van der Waals surface area contributed by atoms with E-state index in [1.54, 1.807) is 23.9 Å². The Labute approximate surface area is 239 Å². The quantitative estimate of drug-likeness (QED) is 0.358. The Balaban J connectivity index is 1.57. The van der Waals surface area contributed by atoms with Gasteiger partial charge in [-0.2, -0.15) is 0 Å². The number of hydrogen-bond acceptors (Lipinski definition) is 10. The Morgan fingerprint density at radius 2 is 2.02 bits per heavy atom. The molecule has 1 aromatic carbocycles. The number of aliphatic imine (C=N–C) groups is 1. The molecule has 1 unspecified atom stereocenters. The molecule has 2 aromatic heterocycles. The lowest BCUT2D eigenvalue weighted by Crippen LogP contribution is -2.45. The standard InChI is InChI=1S/C25H22ClF3N6O3S2/c1-2-38-23(37)18-16(11-35-12-25(28,29)10-17(35)21(36)34-24-31-6-8-40-24)32-20(22-30-5-7-39-22)33-19(18)14-4-3-13(27)9-15(14)26/h3-9,17,19H,2,10-12H2,1H3,(H,32,33)(H,31,34,36)/t17-,19?/m0/s1. The lowest BCUT2D eigenvalue weighted by Gasteiger charge is -2.31. The van der Waals surface area contributed by atoms with Crippen LogP contribution in [0.4, 0.5) is 18.3 Å². The Kier molecular flexibility index (Phi) is 8.21. The number of nitrogens with zero attached hydrogens (tertiary/aromatic N) is 4. The second-order valence-corrected chi connectivity index (χ2v) is 11.1. The van der Waals surface area contributed by atoms with Crippen LogP contribution in [-0.2, 0) is 14.3 Å². The van der Waals surface area contributed by atoms with E-state index in [-0.39, 0.29) is 40.4 Å². The third-order valence-corrected chi connectivity index (χ3v) is 8.00. The van der Waals surface area contributed by atoms with Crippen molar-refractivity contribution >= 4 is 57.1 Å². The SMILES string of the molecule is CCOC(=O)C1=C(CN2CC(F)(F)C[C@H]2C(=O)Nc2nccs2)NC(c2nccs2)=NC1c1ccc(F)cc1Cl. The van der Waals surface area contributed by atoms with Gasteiger partial charge in [-0.3, -0.25) is 14.7 Å². The summed E-state index contributed by atoms with van der Waals surface area (Å²) in [6.45, 7) is 0.678. The number of thiazole rings is 2. The van der Waals surface area contributed by atoms with Gasteiger partial charge in [0, 0.05) is 52.4 Å². The number of alkyl halides is 2. The number of amidine groups is 1. The number of benzene rings is 1. The van der Waals surface area contributed by atoms with Crippen LogP contribution in [0, 0.1) is 5.82 Å². The predicted molar refractivity (Wildman–Crippen MR) is 145 cm³/mol. The molecule has 5 rings (SSSR count). The van der Waals surface area contributed by atoms with Crippen LogP contribution in [0.15, 0.2) is 57.6 Å². The molecule has 0 spiro atoms. The van der Waals surface area contributed by atoms with Gasteiger partial charge < -0.3 is 15.4 Å². The number of hydrogen-bond donors (Lipinski definition) is 2. The third-order valence-electron chi connectivity index (χ3n) is 6.21. The van der Waals surface area contributed by atoms with Crippen LogP contribution in [0.5, 0.6) is 0 Å². The lowest BCUT2D eigenvalue weighted by molar-refractivity contribution is -0.139. The molecule has 2 N–H and O–H groups in total.